The fraction of sp³-hybridized carbons (Fsp3) is 0.600. The Balaban J connectivity index is 1.31. The number of aryl methyl sites for hydroxylation is 2. The van der Waals surface area contributed by atoms with Gasteiger partial charge < -0.3 is 14.4 Å². The molecule has 0 bridgehead atoms. The third kappa shape index (κ3) is 4.49. The maximum atomic E-state index is 12.8. The van der Waals surface area contributed by atoms with Gasteiger partial charge in [-0.05, 0) is 68.4 Å². The first kappa shape index (κ1) is 22.6. The summed E-state index contributed by atoms with van der Waals surface area (Å²) in [4.78, 5) is 17.5. The number of likely N-dealkylation sites (tertiary alicyclic amines) is 1. The van der Waals surface area contributed by atoms with Gasteiger partial charge in [-0.3, -0.25) is 14.4 Å². The molecule has 2 aliphatic rings. The minimum Gasteiger partial charge on any atom is -0.493 e. The average Bonchev–Trinajstić information content (AvgIpc) is 3.06. The SMILES string of the molecule is COc1cc2c(cc1OC)CN(C1CCN(C(=O)CCc3c(C)nn(C)c3C)CC1)CC2. The molecule has 3 heterocycles. The molecular formula is C25H36N4O3. The van der Waals surface area contributed by atoms with E-state index in [1.165, 1.54) is 16.7 Å². The smallest absolute Gasteiger partial charge is 0.222 e. The maximum Gasteiger partial charge on any atom is 0.222 e. The second-order valence-electron chi connectivity index (χ2n) is 9.08. The van der Waals surface area contributed by atoms with Crippen LogP contribution in [0.4, 0.5) is 0 Å². The standard InChI is InChI=1S/C25H36N4O3/c1-17-22(18(2)27(3)26-17)6-7-25(30)28-12-9-21(10-13-28)29-11-8-19-14-23(31-4)24(32-5)15-20(19)16-29/h14-15,21H,6-13,16H2,1-5H3. The molecule has 0 unspecified atom stereocenters. The molecule has 0 atom stereocenters. The molecule has 1 aromatic carbocycles. The molecule has 0 aliphatic carbocycles. The van der Waals surface area contributed by atoms with Crippen molar-refractivity contribution >= 4 is 5.91 Å². The Morgan fingerprint density at radius 3 is 2.31 bits per heavy atom. The number of fused-ring (bicyclic) bond motifs is 1. The van der Waals surface area contributed by atoms with Gasteiger partial charge in [0.1, 0.15) is 0 Å². The Kier molecular flexibility index (Phi) is 6.74. The Labute approximate surface area is 191 Å². The molecule has 7 nitrogen and oxygen atoms in total. The quantitative estimate of drug-likeness (QED) is 0.691. The lowest BCUT2D eigenvalue weighted by Gasteiger charge is -2.41. The molecule has 32 heavy (non-hydrogen) atoms. The average molecular weight is 441 g/mol. The second kappa shape index (κ2) is 9.53. The molecule has 1 saturated heterocycles. The lowest BCUT2D eigenvalue weighted by molar-refractivity contribution is -0.132. The number of amides is 1. The molecule has 1 fully saturated rings. The predicted molar refractivity (Wildman–Crippen MR) is 124 cm³/mol. The van der Waals surface area contributed by atoms with E-state index >= 15 is 0 Å². The van der Waals surface area contributed by atoms with E-state index in [0.29, 0.717) is 12.5 Å². The monoisotopic (exact) mass is 440 g/mol. The fourth-order valence-corrected chi connectivity index (χ4v) is 5.27. The Morgan fingerprint density at radius 1 is 1.06 bits per heavy atom. The zero-order chi connectivity index (χ0) is 22.8. The van der Waals surface area contributed by atoms with Crippen molar-refractivity contribution in [3.8, 4) is 11.5 Å². The summed E-state index contributed by atoms with van der Waals surface area (Å²) in [6, 6.07) is 4.78. The molecule has 2 aliphatic heterocycles. The van der Waals surface area contributed by atoms with E-state index in [-0.39, 0.29) is 5.91 Å². The summed E-state index contributed by atoms with van der Waals surface area (Å²) < 4.78 is 12.9. The van der Waals surface area contributed by atoms with Crippen molar-refractivity contribution in [1.29, 1.82) is 0 Å². The molecule has 7 heteroatoms. The first-order valence-corrected chi connectivity index (χ1v) is 11.7. The Morgan fingerprint density at radius 2 is 1.72 bits per heavy atom. The van der Waals surface area contributed by atoms with E-state index in [4.69, 9.17) is 9.47 Å². The number of benzene rings is 1. The van der Waals surface area contributed by atoms with Gasteiger partial charge in [0.05, 0.1) is 19.9 Å². The van der Waals surface area contributed by atoms with E-state index in [1.807, 2.05) is 18.7 Å². The minimum atomic E-state index is 0.270. The maximum absolute atomic E-state index is 12.8. The first-order chi connectivity index (χ1) is 15.4. The van der Waals surface area contributed by atoms with Crippen LogP contribution in [0.15, 0.2) is 12.1 Å². The van der Waals surface area contributed by atoms with Crippen LogP contribution >= 0.6 is 0 Å². The van der Waals surface area contributed by atoms with Crippen molar-refractivity contribution in [2.75, 3.05) is 33.9 Å². The van der Waals surface area contributed by atoms with Gasteiger partial charge in [-0.1, -0.05) is 0 Å². The molecule has 4 rings (SSSR count). The highest BCUT2D eigenvalue weighted by molar-refractivity contribution is 5.76. The van der Waals surface area contributed by atoms with Gasteiger partial charge in [0.2, 0.25) is 5.91 Å². The highest BCUT2D eigenvalue weighted by Gasteiger charge is 2.29. The largest absolute Gasteiger partial charge is 0.493 e. The zero-order valence-corrected chi connectivity index (χ0v) is 20.1. The van der Waals surface area contributed by atoms with Crippen LogP contribution in [0.5, 0.6) is 11.5 Å². The summed E-state index contributed by atoms with van der Waals surface area (Å²) in [5.41, 5.74) is 6.10. The summed E-state index contributed by atoms with van der Waals surface area (Å²) in [7, 11) is 5.34. The Bertz CT molecular complexity index is 976. The van der Waals surface area contributed by atoms with Crippen molar-refractivity contribution in [1.82, 2.24) is 19.6 Å². The van der Waals surface area contributed by atoms with Gasteiger partial charge >= 0.3 is 0 Å². The fourth-order valence-electron chi connectivity index (χ4n) is 5.27. The lowest BCUT2D eigenvalue weighted by atomic mass is 9.94. The summed E-state index contributed by atoms with van der Waals surface area (Å²) in [5, 5.41) is 4.47. The van der Waals surface area contributed by atoms with Gasteiger partial charge in [0, 0.05) is 51.4 Å². The second-order valence-corrected chi connectivity index (χ2v) is 9.08. The van der Waals surface area contributed by atoms with Crippen molar-refractivity contribution < 1.29 is 14.3 Å². The number of ether oxygens (including phenoxy) is 2. The number of piperidine rings is 1. The summed E-state index contributed by atoms with van der Waals surface area (Å²) >= 11 is 0. The molecule has 174 valence electrons. The van der Waals surface area contributed by atoms with Crippen molar-refractivity contribution in [2.24, 2.45) is 7.05 Å². The highest BCUT2D eigenvalue weighted by atomic mass is 16.5. The molecule has 1 aromatic heterocycles. The minimum absolute atomic E-state index is 0.270. The van der Waals surface area contributed by atoms with E-state index in [9.17, 15) is 4.79 Å². The van der Waals surface area contributed by atoms with Crippen molar-refractivity contribution in [3.05, 3.63) is 40.2 Å². The van der Waals surface area contributed by atoms with Crippen LogP contribution in [0.3, 0.4) is 0 Å². The summed E-state index contributed by atoms with van der Waals surface area (Å²) in [6.45, 7) is 7.80. The van der Waals surface area contributed by atoms with Gasteiger partial charge in [-0.2, -0.15) is 5.10 Å². The normalized spacial score (nSPS) is 17.3. The molecule has 0 spiro atoms. The van der Waals surface area contributed by atoms with Gasteiger partial charge in [0.25, 0.3) is 0 Å². The zero-order valence-electron chi connectivity index (χ0n) is 20.1. The van der Waals surface area contributed by atoms with E-state index < -0.39 is 0 Å². The molecule has 0 saturated carbocycles. The lowest BCUT2D eigenvalue weighted by Crippen LogP contribution is -2.48. The van der Waals surface area contributed by atoms with Gasteiger partial charge in [-0.25, -0.2) is 0 Å². The molecule has 2 aromatic rings. The third-order valence-electron chi connectivity index (χ3n) is 7.33. The number of aromatic nitrogens is 2. The summed E-state index contributed by atoms with van der Waals surface area (Å²) in [5.74, 6) is 1.88. The van der Waals surface area contributed by atoms with Crippen LogP contribution in [-0.2, 0) is 31.2 Å². The predicted octanol–water partition coefficient (Wildman–Crippen LogP) is 3.04. The van der Waals surface area contributed by atoms with Crippen LogP contribution in [0, 0.1) is 13.8 Å². The number of hydrogen-bond acceptors (Lipinski definition) is 5. The van der Waals surface area contributed by atoms with Crippen LogP contribution in [0.2, 0.25) is 0 Å². The van der Waals surface area contributed by atoms with Crippen molar-refractivity contribution in [2.45, 2.75) is 58.5 Å². The van der Waals surface area contributed by atoms with Crippen LogP contribution in [-0.4, -0.2) is 65.4 Å². The first-order valence-electron chi connectivity index (χ1n) is 11.7. The summed E-state index contributed by atoms with van der Waals surface area (Å²) in [6.07, 6.45) is 4.45. The Hall–Kier alpha value is -2.54. The number of carbonyl (C=O) groups excluding carboxylic acids is 1. The van der Waals surface area contributed by atoms with E-state index in [2.05, 4.69) is 34.0 Å². The number of hydrogen-bond donors (Lipinski definition) is 0. The van der Waals surface area contributed by atoms with Crippen LogP contribution in [0.1, 0.15) is 47.3 Å². The third-order valence-corrected chi connectivity index (χ3v) is 7.33. The topological polar surface area (TPSA) is 59.8 Å². The van der Waals surface area contributed by atoms with Gasteiger partial charge in [-0.15, -0.1) is 0 Å². The number of carbonyl (C=O) groups is 1. The van der Waals surface area contributed by atoms with Crippen LogP contribution < -0.4 is 9.47 Å². The molecule has 0 radical (unpaired) electrons. The van der Waals surface area contributed by atoms with Gasteiger partial charge in [0.15, 0.2) is 11.5 Å². The number of rotatable bonds is 6. The van der Waals surface area contributed by atoms with Crippen molar-refractivity contribution in [3.63, 3.8) is 0 Å². The molecule has 0 N–H and O–H groups in total. The number of nitrogens with zero attached hydrogens (tertiary/aromatic N) is 4. The molecule has 1 amide bonds. The molecular weight excluding hydrogens is 404 g/mol. The van der Waals surface area contributed by atoms with E-state index in [0.717, 1.165) is 74.7 Å². The van der Waals surface area contributed by atoms with Crippen LogP contribution in [0.25, 0.3) is 0 Å². The highest BCUT2D eigenvalue weighted by Crippen LogP contribution is 2.34. The van der Waals surface area contributed by atoms with E-state index in [1.54, 1.807) is 14.2 Å². The number of methoxy groups -OCH3 is 2.